The van der Waals surface area contributed by atoms with Gasteiger partial charge in [0, 0.05) is 0 Å². The van der Waals surface area contributed by atoms with Gasteiger partial charge < -0.3 is 9.47 Å². The summed E-state index contributed by atoms with van der Waals surface area (Å²) in [6.45, 7) is 9.34. The van der Waals surface area contributed by atoms with E-state index in [0.29, 0.717) is 0 Å². The van der Waals surface area contributed by atoms with Crippen LogP contribution in [-0.2, 0) is 19.1 Å². The van der Waals surface area contributed by atoms with Crippen LogP contribution in [0.1, 0.15) is 33.6 Å². The monoisotopic (exact) mass is 254 g/mol. The van der Waals surface area contributed by atoms with Crippen molar-refractivity contribution in [3.8, 4) is 0 Å². The topological polar surface area (TPSA) is 52.6 Å². The molecule has 18 heavy (non-hydrogen) atoms. The fourth-order valence-electron chi connectivity index (χ4n) is 1.75. The van der Waals surface area contributed by atoms with Gasteiger partial charge in [0.15, 0.2) is 5.41 Å². The summed E-state index contributed by atoms with van der Waals surface area (Å²) in [5, 5.41) is 0. The second kappa shape index (κ2) is 6.99. The molecular formula is C14H22O4. The lowest BCUT2D eigenvalue weighted by atomic mass is 9.78. The number of allylic oxidation sites excluding steroid dienone is 3. The Labute approximate surface area is 109 Å². The Morgan fingerprint density at radius 2 is 1.56 bits per heavy atom. The second-order valence-electron chi connectivity index (χ2n) is 4.68. The van der Waals surface area contributed by atoms with E-state index in [-0.39, 0.29) is 12.8 Å². The van der Waals surface area contributed by atoms with Crippen molar-refractivity contribution >= 4 is 11.9 Å². The van der Waals surface area contributed by atoms with E-state index >= 15 is 0 Å². The summed E-state index contributed by atoms with van der Waals surface area (Å²) in [6.07, 6.45) is 2.30. The third-order valence-electron chi connectivity index (χ3n) is 2.61. The first-order valence-corrected chi connectivity index (χ1v) is 5.74. The molecule has 4 nitrogen and oxygen atoms in total. The highest BCUT2D eigenvalue weighted by atomic mass is 16.5. The second-order valence-corrected chi connectivity index (χ2v) is 4.68. The van der Waals surface area contributed by atoms with Crippen LogP contribution in [-0.4, -0.2) is 26.2 Å². The SMILES string of the molecule is C=C(C)CC(CC=C(C)C)(C(=O)OC)C(=O)OC. The van der Waals surface area contributed by atoms with Gasteiger partial charge in [0.2, 0.25) is 0 Å². The maximum Gasteiger partial charge on any atom is 0.323 e. The number of ether oxygens (including phenoxy) is 2. The van der Waals surface area contributed by atoms with Crippen molar-refractivity contribution in [1.82, 2.24) is 0 Å². The van der Waals surface area contributed by atoms with Crippen LogP contribution in [0.25, 0.3) is 0 Å². The Bertz CT molecular complexity index is 346. The lowest BCUT2D eigenvalue weighted by Crippen LogP contribution is -2.41. The number of esters is 2. The molecule has 0 radical (unpaired) electrons. The first-order chi connectivity index (χ1) is 8.30. The summed E-state index contributed by atoms with van der Waals surface area (Å²) in [5.74, 6) is -1.18. The van der Waals surface area contributed by atoms with E-state index in [1.54, 1.807) is 6.92 Å². The Kier molecular flexibility index (Phi) is 6.37. The van der Waals surface area contributed by atoms with E-state index < -0.39 is 17.4 Å². The molecule has 0 heterocycles. The number of hydrogen-bond donors (Lipinski definition) is 0. The number of carbonyl (C=O) groups excluding carboxylic acids is 2. The predicted octanol–water partition coefficient (Wildman–Crippen LogP) is 2.64. The number of methoxy groups -OCH3 is 2. The van der Waals surface area contributed by atoms with Crippen molar-refractivity contribution in [3.63, 3.8) is 0 Å². The fraction of sp³-hybridized carbons (Fsp3) is 0.571. The predicted molar refractivity (Wildman–Crippen MR) is 69.9 cm³/mol. The van der Waals surface area contributed by atoms with Crippen LogP contribution in [0.2, 0.25) is 0 Å². The highest BCUT2D eigenvalue weighted by Gasteiger charge is 2.47. The van der Waals surface area contributed by atoms with Crippen molar-refractivity contribution in [2.45, 2.75) is 33.6 Å². The zero-order chi connectivity index (χ0) is 14.3. The third-order valence-corrected chi connectivity index (χ3v) is 2.61. The molecule has 0 N–H and O–H groups in total. The minimum atomic E-state index is -1.33. The van der Waals surface area contributed by atoms with Crippen molar-refractivity contribution < 1.29 is 19.1 Å². The Hall–Kier alpha value is -1.58. The van der Waals surface area contributed by atoms with Crippen molar-refractivity contribution in [1.29, 1.82) is 0 Å². The van der Waals surface area contributed by atoms with Crippen LogP contribution in [0, 0.1) is 5.41 Å². The average molecular weight is 254 g/mol. The normalized spacial score (nSPS) is 10.5. The molecule has 0 aromatic carbocycles. The minimum Gasteiger partial charge on any atom is -0.468 e. The maximum atomic E-state index is 12.0. The van der Waals surface area contributed by atoms with Crippen LogP contribution in [0.15, 0.2) is 23.8 Å². The Balaban J connectivity index is 5.53. The summed E-state index contributed by atoms with van der Waals surface area (Å²) in [7, 11) is 2.53. The zero-order valence-electron chi connectivity index (χ0n) is 11.8. The van der Waals surface area contributed by atoms with Gasteiger partial charge >= 0.3 is 11.9 Å². The molecule has 0 rings (SSSR count). The van der Waals surface area contributed by atoms with Crippen LogP contribution in [0.5, 0.6) is 0 Å². The molecule has 0 aliphatic rings. The van der Waals surface area contributed by atoms with Gasteiger partial charge in [-0.2, -0.15) is 0 Å². The van der Waals surface area contributed by atoms with Crippen molar-refractivity contribution in [2.24, 2.45) is 5.41 Å². The van der Waals surface area contributed by atoms with Gasteiger partial charge in [0.25, 0.3) is 0 Å². The molecule has 0 unspecified atom stereocenters. The molecule has 0 amide bonds. The van der Waals surface area contributed by atoms with Gasteiger partial charge in [-0.3, -0.25) is 9.59 Å². The van der Waals surface area contributed by atoms with E-state index in [1.807, 2.05) is 19.9 Å². The maximum absolute atomic E-state index is 12.0. The molecule has 0 aliphatic carbocycles. The van der Waals surface area contributed by atoms with Gasteiger partial charge in [0.05, 0.1) is 14.2 Å². The van der Waals surface area contributed by atoms with Crippen LogP contribution in [0.4, 0.5) is 0 Å². The molecule has 0 bridgehead atoms. The molecule has 0 atom stereocenters. The van der Waals surface area contributed by atoms with E-state index in [1.165, 1.54) is 14.2 Å². The van der Waals surface area contributed by atoms with Gasteiger partial charge in [0.1, 0.15) is 0 Å². The highest BCUT2D eigenvalue weighted by molar-refractivity contribution is 6.00. The summed E-state index contributed by atoms with van der Waals surface area (Å²) in [4.78, 5) is 24.0. The van der Waals surface area contributed by atoms with Crippen LogP contribution < -0.4 is 0 Å². The largest absolute Gasteiger partial charge is 0.468 e. The summed E-state index contributed by atoms with van der Waals surface area (Å²) in [6, 6.07) is 0. The van der Waals surface area contributed by atoms with E-state index in [9.17, 15) is 9.59 Å². The first kappa shape index (κ1) is 16.4. The first-order valence-electron chi connectivity index (χ1n) is 5.74. The van der Waals surface area contributed by atoms with Gasteiger partial charge in [-0.1, -0.05) is 17.2 Å². The molecule has 4 heteroatoms. The third kappa shape index (κ3) is 4.02. The van der Waals surface area contributed by atoms with Gasteiger partial charge in [-0.25, -0.2) is 0 Å². The molecular weight excluding hydrogens is 232 g/mol. The lowest BCUT2D eigenvalue weighted by molar-refractivity contribution is -0.168. The van der Waals surface area contributed by atoms with Crippen LogP contribution >= 0.6 is 0 Å². The summed E-state index contributed by atoms with van der Waals surface area (Å²) >= 11 is 0. The minimum absolute atomic E-state index is 0.218. The summed E-state index contributed by atoms with van der Waals surface area (Å²) in [5.41, 5.74) is 0.425. The fourth-order valence-corrected chi connectivity index (χ4v) is 1.75. The number of rotatable bonds is 6. The van der Waals surface area contributed by atoms with Crippen molar-refractivity contribution in [3.05, 3.63) is 23.8 Å². The number of carbonyl (C=O) groups is 2. The zero-order valence-corrected chi connectivity index (χ0v) is 11.8. The quantitative estimate of drug-likeness (QED) is 0.415. The lowest BCUT2D eigenvalue weighted by Gasteiger charge is -2.27. The molecule has 102 valence electrons. The molecule has 0 saturated carbocycles. The van der Waals surface area contributed by atoms with E-state index in [4.69, 9.17) is 9.47 Å². The van der Waals surface area contributed by atoms with Gasteiger partial charge in [-0.05, 0) is 33.6 Å². The molecule has 0 fully saturated rings. The van der Waals surface area contributed by atoms with E-state index in [0.717, 1.165) is 11.1 Å². The molecule has 0 aromatic heterocycles. The highest BCUT2D eigenvalue weighted by Crippen LogP contribution is 2.34. The molecule has 0 aliphatic heterocycles. The van der Waals surface area contributed by atoms with E-state index in [2.05, 4.69) is 6.58 Å². The smallest absolute Gasteiger partial charge is 0.323 e. The van der Waals surface area contributed by atoms with Gasteiger partial charge in [-0.15, -0.1) is 6.58 Å². The average Bonchev–Trinajstić information content (AvgIpc) is 2.31. The molecule has 0 saturated heterocycles. The van der Waals surface area contributed by atoms with Crippen molar-refractivity contribution in [2.75, 3.05) is 14.2 Å². The van der Waals surface area contributed by atoms with Crippen LogP contribution in [0.3, 0.4) is 0 Å². The molecule has 0 spiro atoms. The molecule has 0 aromatic rings. The Morgan fingerprint density at radius 3 is 1.83 bits per heavy atom. The Morgan fingerprint density at radius 1 is 1.11 bits per heavy atom. The standard InChI is InChI=1S/C14H22O4/c1-10(2)7-8-14(9-11(3)4,12(15)17-5)13(16)18-6/h7H,3,8-9H2,1-2,4-6H3. The number of hydrogen-bond acceptors (Lipinski definition) is 4. The summed E-state index contributed by atoms with van der Waals surface area (Å²) < 4.78 is 9.52.